The van der Waals surface area contributed by atoms with Gasteiger partial charge in [0, 0.05) is 11.0 Å². The van der Waals surface area contributed by atoms with Gasteiger partial charge >= 0.3 is 7.12 Å². The Morgan fingerprint density at radius 2 is 1.57 bits per heavy atom. The summed E-state index contributed by atoms with van der Waals surface area (Å²) in [5.74, 6) is 0.126. The Morgan fingerprint density at radius 3 is 2.05 bits per heavy atom. The minimum Gasteiger partial charge on any atom is -0.399 e. The van der Waals surface area contributed by atoms with Crippen LogP contribution in [0.25, 0.3) is 0 Å². The lowest BCUT2D eigenvalue weighted by molar-refractivity contribution is 0.00578. The van der Waals surface area contributed by atoms with Crippen molar-refractivity contribution in [3.05, 3.63) is 29.8 Å². The SMILES string of the molecule is CC(C)(C)C(=O)c1cccc(B2OC(C)(C)C(C)(C)O2)c1. The molecule has 21 heavy (non-hydrogen) atoms. The van der Waals surface area contributed by atoms with Gasteiger partial charge in [-0.2, -0.15) is 0 Å². The molecule has 0 radical (unpaired) electrons. The van der Waals surface area contributed by atoms with Crippen LogP contribution < -0.4 is 5.46 Å². The molecule has 0 spiro atoms. The van der Waals surface area contributed by atoms with Crippen molar-refractivity contribution in [2.45, 2.75) is 59.7 Å². The van der Waals surface area contributed by atoms with Crippen LogP contribution in [0.2, 0.25) is 0 Å². The van der Waals surface area contributed by atoms with E-state index in [1.54, 1.807) is 0 Å². The number of rotatable bonds is 2. The fraction of sp³-hybridized carbons (Fsp3) is 0.588. The second-order valence-electron chi connectivity index (χ2n) is 7.79. The van der Waals surface area contributed by atoms with E-state index < -0.39 is 12.5 Å². The number of carbonyl (C=O) groups excluding carboxylic acids is 1. The van der Waals surface area contributed by atoms with Gasteiger partial charge in [0.2, 0.25) is 0 Å². The monoisotopic (exact) mass is 288 g/mol. The third-order valence-electron chi connectivity index (χ3n) is 4.36. The molecule has 0 saturated carbocycles. The van der Waals surface area contributed by atoms with Gasteiger partial charge in [0.15, 0.2) is 5.78 Å². The quantitative estimate of drug-likeness (QED) is 0.619. The molecule has 1 heterocycles. The minimum atomic E-state index is -0.428. The van der Waals surface area contributed by atoms with E-state index in [1.807, 2.05) is 72.7 Å². The van der Waals surface area contributed by atoms with E-state index in [0.29, 0.717) is 5.56 Å². The predicted molar refractivity (Wildman–Crippen MR) is 85.9 cm³/mol. The summed E-state index contributed by atoms with van der Waals surface area (Å²) in [4.78, 5) is 12.4. The van der Waals surface area contributed by atoms with Gasteiger partial charge in [0.1, 0.15) is 0 Å². The van der Waals surface area contributed by atoms with E-state index in [9.17, 15) is 4.79 Å². The number of hydrogen-bond acceptors (Lipinski definition) is 3. The van der Waals surface area contributed by atoms with Crippen molar-refractivity contribution in [3.63, 3.8) is 0 Å². The van der Waals surface area contributed by atoms with E-state index in [2.05, 4.69) is 0 Å². The highest BCUT2D eigenvalue weighted by Gasteiger charge is 2.51. The molecule has 0 amide bonds. The van der Waals surface area contributed by atoms with Crippen molar-refractivity contribution in [2.75, 3.05) is 0 Å². The first-order valence-corrected chi connectivity index (χ1v) is 7.44. The van der Waals surface area contributed by atoms with Gasteiger partial charge in [0.05, 0.1) is 11.2 Å². The van der Waals surface area contributed by atoms with Crippen molar-refractivity contribution >= 4 is 18.4 Å². The van der Waals surface area contributed by atoms with Crippen LogP contribution >= 0.6 is 0 Å². The molecule has 1 aromatic rings. The number of carbonyl (C=O) groups is 1. The molecule has 4 heteroatoms. The summed E-state index contributed by atoms with van der Waals surface area (Å²) in [6.07, 6.45) is 0. The number of ketones is 1. The molecule has 1 aliphatic heterocycles. The van der Waals surface area contributed by atoms with Crippen LogP contribution in [0.5, 0.6) is 0 Å². The molecule has 0 aromatic heterocycles. The van der Waals surface area contributed by atoms with Crippen LogP contribution in [0.1, 0.15) is 58.8 Å². The summed E-state index contributed by atoms with van der Waals surface area (Å²) in [6.45, 7) is 13.9. The van der Waals surface area contributed by atoms with Crippen LogP contribution in [0, 0.1) is 5.41 Å². The Balaban J connectivity index is 2.30. The number of Topliss-reactive ketones (excluding diaryl/α,β-unsaturated/α-hetero) is 1. The van der Waals surface area contributed by atoms with Crippen molar-refractivity contribution in [1.29, 1.82) is 0 Å². The molecule has 2 rings (SSSR count). The van der Waals surface area contributed by atoms with E-state index in [0.717, 1.165) is 5.46 Å². The zero-order chi connectivity index (χ0) is 16.1. The molecule has 1 aliphatic rings. The van der Waals surface area contributed by atoms with Crippen molar-refractivity contribution in [3.8, 4) is 0 Å². The average Bonchev–Trinajstić information content (AvgIpc) is 2.57. The summed E-state index contributed by atoms with van der Waals surface area (Å²) in [5.41, 5.74) is 0.455. The Bertz CT molecular complexity index is 539. The molecular weight excluding hydrogens is 263 g/mol. The first-order chi connectivity index (χ1) is 9.44. The predicted octanol–water partition coefficient (Wildman–Crippen LogP) is 3.21. The fourth-order valence-corrected chi connectivity index (χ4v) is 2.24. The maximum absolute atomic E-state index is 12.4. The molecule has 114 valence electrons. The highest BCUT2D eigenvalue weighted by Crippen LogP contribution is 2.36. The lowest BCUT2D eigenvalue weighted by Gasteiger charge is -2.32. The van der Waals surface area contributed by atoms with E-state index in [1.165, 1.54) is 0 Å². The van der Waals surface area contributed by atoms with E-state index >= 15 is 0 Å². The van der Waals surface area contributed by atoms with Gasteiger partial charge < -0.3 is 9.31 Å². The van der Waals surface area contributed by atoms with Crippen molar-refractivity contribution in [1.82, 2.24) is 0 Å². The molecule has 3 nitrogen and oxygen atoms in total. The second-order valence-corrected chi connectivity index (χ2v) is 7.79. The lowest BCUT2D eigenvalue weighted by atomic mass is 9.76. The van der Waals surface area contributed by atoms with Crippen LogP contribution in [-0.2, 0) is 9.31 Å². The highest BCUT2D eigenvalue weighted by atomic mass is 16.7. The highest BCUT2D eigenvalue weighted by molar-refractivity contribution is 6.62. The summed E-state index contributed by atoms with van der Waals surface area (Å²) in [7, 11) is -0.428. The first kappa shape index (κ1) is 16.2. The van der Waals surface area contributed by atoms with E-state index in [4.69, 9.17) is 9.31 Å². The largest absolute Gasteiger partial charge is 0.494 e. The third kappa shape index (κ3) is 3.07. The van der Waals surface area contributed by atoms with Gasteiger partial charge in [-0.05, 0) is 33.2 Å². The molecule has 0 N–H and O–H groups in total. The number of hydrogen-bond donors (Lipinski definition) is 0. The van der Waals surface area contributed by atoms with Crippen molar-refractivity contribution in [2.24, 2.45) is 5.41 Å². The summed E-state index contributed by atoms with van der Waals surface area (Å²) in [6, 6.07) is 7.57. The van der Waals surface area contributed by atoms with Gasteiger partial charge in [-0.1, -0.05) is 45.0 Å². The van der Waals surface area contributed by atoms with Crippen LogP contribution in [-0.4, -0.2) is 24.1 Å². The Labute approximate surface area is 128 Å². The fourth-order valence-electron chi connectivity index (χ4n) is 2.24. The summed E-state index contributed by atoms with van der Waals surface area (Å²) < 4.78 is 12.1. The first-order valence-electron chi connectivity index (χ1n) is 7.44. The maximum atomic E-state index is 12.4. The third-order valence-corrected chi connectivity index (χ3v) is 4.36. The lowest BCUT2D eigenvalue weighted by Crippen LogP contribution is -2.41. The Kier molecular flexibility index (Phi) is 3.84. The van der Waals surface area contributed by atoms with Crippen LogP contribution in [0.3, 0.4) is 0 Å². The molecule has 1 aromatic carbocycles. The molecule has 0 unspecified atom stereocenters. The smallest absolute Gasteiger partial charge is 0.399 e. The van der Waals surface area contributed by atoms with Gasteiger partial charge in [-0.15, -0.1) is 0 Å². The van der Waals surface area contributed by atoms with Gasteiger partial charge in [0.25, 0.3) is 0 Å². The summed E-state index contributed by atoms with van der Waals surface area (Å²) >= 11 is 0. The summed E-state index contributed by atoms with van der Waals surface area (Å²) in [5, 5.41) is 0. The minimum absolute atomic E-state index is 0.126. The normalized spacial score (nSPS) is 20.6. The zero-order valence-corrected chi connectivity index (χ0v) is 14.1. The molecular formula is C17H25BO3. The molecule has 0 atom stereocenters. The molecule has 1 fully saturated rings. The van der Waals surface area contributed by atoms with E-state index in [-0.39, 0.29) is 17.0 Å². The molecule has 0 aliphatic carbocycles. The number of benzene rings is 1. The molecule has 1 saturated heterocycles. The van der Waals surface area contributed by atoms with Crippen LogP contribution in [0.4, 0.5) is 0 Å². The maximum Gasteiger partial charge on any atom is 0.494 e. The molecule has 0 bridgehead atoms. The Morgan fingerprint density at radius 1 is 1.05 bits per heavy atom. The van der Waals surface area contributed by atoms with Gasteiger partial charge in [-0.3, -0.25) is 4.79 Å². The second kappa shape index (κ2) is 4.96. The van der Waals surface area contributed by atoms with Crippen molar-refractivity contribution < 1.29 is 14.1 Å². The Hall–Kier alpha value is -1.13. The van der Waals surface area contributed by atoms with Gasteiger partial charge in [-0.25, -0.2) is 0 Å². The zero-order valence-electron chi connectivity index (χ0n) is 14.1. The topological polar surface area (TPSA) is 35.5 Å². The standard InChI is InChI=1S/C17H25BO3/c1-15(2,3)14(19)12-9-8-10-13(11-12)18-20-16(4,5)17(6,7)21-18/h8-11H,1-7H3. The van der Waals surface area contributed by atoms with Crippen LogP contribution in [0.15, 0.2) is 24.3 Å². The average molecular weight is 288 g/mol.